The van der Waals surface area contributed by atoms with E-state index in [1.54, 1.807) is 0 Å². The molecule has 0 aliphatic heterocycles. The molecule has 0 atom stereocenters. The summed E-state index contributed by atoms with van der Waals surface area (Å²) in [5, 5.41) is 5.60. The topological polar surface area (TPSA) is 0 Å². The van der Waals surface area contributed by atoms with E-state index in [4.69, 9.17) is 0 Å². The van der Waals surface area contributed by atoms with E-state index in [0.717, 1.165) is 6.42 Å². The van der Waals surface area contributed by atoms with Crippen LogP contribution in [0.5, 0.6) is 0 Å². The Bertz CT molecular complexity index is 1050. The number of rotatable bonds is 0. The van der Waals surface area contributed by atoms with Crippen molar-refractivity contribution >= 4 is 21.5 Å². The number of aryl methyl sites for hydroxylation is 1. The zero-order valence-electron chi connectivity index (χ0n) is 12.6. The Labute approximate surface area is 130 Å². The summed E-state index contributed by atoms with van der Waals surface area (Å²) in [5.41, 5.74) is 7.21. The molecule has 0 spiro atoms. The van der Waals surface area contributed by atoms with Gasteiger partial charge < -0.3 is 0 Å². The highest BCUT2D eigenvalue weighted by atomic mass is 14.3. The van der Waals surface area contributed by atoms with Gasteiger partial charge in [0, 0.05) is 0 Å². The molecule has 1 aliphatic rings. The smallest absolute Gasteiger partial charge is 0.000695 e. The summed E-state index contributed by atoms with van der Waals surface area (Å²) in [4.78, 5) is 0. The maximum atomic E-state index is 2.28. The Morgan fingerprint density at radius 2 is 1.41 bits per heavy atom. The molecule has 22 heavy (non-hydrogen) atoms. The summed E-state index contributed by atoms with van der Waals surface area (Å²) in [5.74, 6) is 0. The highest BCUT2D eigenvalue weighted by Crippen LogP contribution is 2.46. The SMILES string of the molecule is Cc1cccc2c1c1c(c3ccccc32)-c2ccccc2C1. The monoisotopic (exact) mass is 280 g/mol. The Balaban J connectivity index is 2.10. The lowest BCUT2D eigenvalue weighted by Crippen LogP contribution is -1.90. The van der Waals surface area contributed by atoms with E-state index >= 15 is 0 Å². The van der Waals surface area contributed by atoms with Gasteiger partial charge in [-0.15, -0.1) is 0 Å². The quantitative estimate of drug-likeness (QED) is 0.311. The van der Waals surface area contributed by atoms with Crippen molar-refractivity contribution in [3.8, 4) is 11.1 Å². The van der Waals surface area contributed by atoms with Gasteiger partial charge in [0.25, 0.3) is 0 Å². The molecule has 0 saturated heterocycles. The zero-order chi connectivity index (χ0) is 14.7. The normalized spacial score (nSPS) is 12.6. The molecule has 0 heteroatoms. The lowest BCUT2D eigenvalue weighted by molar-refractivity contribution is 1.28. The first-order valence-corrected chi connectivity index (χ1v) is 7.86. The van der Waals surface area contributed by atoms with Crippen molar-refractivity contribution in [1.29, 1.82) is 0 Å². The van der Waals surface area contributed by atoms with Gasteiger partial charge in [-0.1, -0.05) is 66.7 Å². The van der Waals surface area contributed by atoms with E-state index < -0.39 is 0 Å². The standard InChI is InChI=1S/C22H16/c1-14-7-6-12-18-17-10-4-5-11-19(17)22-16-9-3-2-8-15(16)13-20(22)21(14)18/h2-12H,13H2,1H3. The third-order valence-electron chi connectivity index (χ3n) is 5.02. The minimum Gasteiger partial charge on any atom is -0.0619 e. The largest absolute Gasteiger partial charge is 0.0619 e. The van der Waals surface area contributed by atoms with E-state index in [2.05, 4.69) is 73.7 Å². The van der Waals surface area contributed by atoms with E-state index in [1.807, 2.05) is 0 Å². The minimum atomic E-state index is 1.05. The summed E-state index contributed by atoms with van der Waals surface area (Å²) in [7, 11) is 0. The summed E-state index contributed by atoms with van der Waals surface area (Å²) in [6, 6.07) is 24.4. The van der Waals surface area contributed by atoms with E-state index in [-0.39, 0.29) is 0 Å². The molecule has 0 unspecified atom stereocenters. The van der Waals surface area contributed by atoms with Crippen LogP contribution in [0, 0.1) is 6.92 Å². The van der Waals surface area contributed by atoms with Gasteiger partial charge in [0.2, 0.25) is 0 Å². The van der Waals surface area contributed by atoms with Gasteiger partial charge in [0.1, 0.15) is 0 Å². The van der Waals surface area contributed by atoms with Crippen molar-refractivity contribution in [2.45, 2.75) is 13.3 Å². The average molecular weight is 280 g/mol. The van der Waals surface area contributed by atoms with Crippen LogP contribution in [-0.4, -0.2) is 0 Å². The fourth-order valence-corrected chi connectivity index (χ4v) is 4.11. The Kier molecular flexibility index (Phi) is 2.29. The molecule has 0 saturated carbocycles. The van der Waals surface area contributed by atoms with Crippen molar-refractivity contribution in [2.24, 2.45) is 0 Å². The van der Waals surface area contributed by atoms with Crippen LogP contribution < -0.4 is 0 Å². The second kappa shape index (κ2) is 4.20. The van der Waals surface area contributed by atoms with Crippen LogP contribution in [0.15, 0.2) is 66.7 Å². The minimum absolute atomic E-state index is 1.05. The molecular weight excluding hydrogens is 264 g/mol. The fraction of sp³-hybridized carbons (Fsp3) is 0.0909. The lowest BCUT2D eigenvalue weighted by Gasteiger charge is -2.14. The van der Waals surface area contributed by atoms with Gasteiger partial charge in [0.15, 0.2) is 0 Å². The molecular formula is C22H16. The molecule has 5 rings (SSSR count). The molecule has 0 amide bonds. The van der Waals surface area contributed by atoms with Crippen LogP contribution in [0.4, 0.5) is 0 Å². The van der Waals surface area contributed by atoms with Crippen LogP contribution in [0.1, 0.15) is 16.7 Å². The first kappa shape index (κ1) is 12.0. The van der Waals surface area contributed by atoms with Crippen molar-refractivity contribution < 1.29 is 0 Å². The number of hydrogen-bond acceptors (Lipinski definition) is 0. The third kappa shape index (κ3) is 1.42. The van der Waals surface area contributed by atoms with E-state index in [0.29, 0.717) is 0 Å². The molecule has 0 radical (unpaired) electrons. The third-order valence-corrected chi connectivity index (χ3v) is 5.02. The summed E-state index contributed by atoms with van der Waals surface area (Å²) in [6.07, 6.45) is 1.05. The Hall–Kier alpha value is -2.60. The average Bonchev–Trinajstić information content (AvgIpc) is 2.94. The van der Waals surface area contributed by atoms with E-state index in [9.17, 15) is 0 Å². The molecule has 0 nitrogen and oxygen atoms in total. The maximum Gasteiger partial charge on any atom is -0.000695 e. The molecule has 0 fully saturated rings. The van der Waals surface area contributed by atoms with Crippen LogP contribution in [0.2, 0.25) is 0 Å². The molecule has 0 aromatic heterocycles. The van der Waals surface area contributed by atoms with Crippen molar-refractivity contribution in [1.82, 2.24) is 0 Å². The first-order valence-electron chi connectivity index (χ1n) is 7.86. The molecule has 4 aromatic carbocycles. The second-order valence-corrected chi connectivity index (χ2v) is 6.23. The van der Waals surface area contributed by atoms with Gasteiger partial charge in [-0.3, -0.25) is 0 Å². The van der Waals surface area contributed by atoms with Crippen LogP contribution in [0.3, 0.4) is 0 Å². The second-order valence-electron chi connectivity index (χ2n) is 6.23. The molecule has 1 aliphatic carbocycles. The number of hydrogen-bond donors (Lipinski definition) is 0. The van der Waals surface area contributed by atoms with E-state index in [1.165, 1.54) is 49.4 Å². The molecule has 0 bridgehead atoms. The van der Waals surface area contributed by atoms with Crippen LogP contribution >= 0.6 is 0 Å². The fourth-order valence-electron chi connectivity index (χ4n) is 4.11. The van der Waals surface area contributed by atoms with Crippen molar-refractivity contribution in [3.63, 3.8) is 0 Å². The van der Waals surface area contributed by atoms with Gasteiger partial charge in [-0.2, -0.15) is 0 Å². The lowest BCUT2D eigenvalue weighted by atomic mass is 9.90. The molecule has 0 heterocycles. The van der Waals surface area contributed by atoms with Crippen molar-refractivity contribution in [2.75, 3.05) is 0 Å². The van der Waals surface area contributed by atoms with Crippen LogP contribution in [0.25, 0.3) is 32.7 Å². The summed E-state index contributed by atoms with van der Waals surface area (Å²) < 4.78 is 0. The summed E-state index contributed by atoms with van der Waals surface area (Å²) in [6.45, 7) is 2.24. The molecule has 104 valence electrons. The molecule has 0 N–H and O–H groups in total. The number of fused-ring (bicyclic) bond motifs is 8. The van der Waals surface area contributed by atoms with Crippen LogP contribution in [-0.2, 0) is 6.42 Å². The highest BCUT2D eigenvalue weighted by molar-refractivity contribution is 6.18. The zero-order valence-corrected chi connectivity index (χ0v) is 12.6. The first-order chi connectivity index (χ1) is 10.8. The Morgan fingerprint density at radius 1 is 0.682 bits per heavy atom. The predicted molar refractivity (Wildman–Crippen MR) is 94.4 cm³/mol. The predicted octanol–water partition coefficient (Wildman–Crippen LogP) is 5.87. The van der Waals surface area contributed by atoms with Gasteiger partial charge >= 0.3 is 0 Å². The maximum absolute atomic E-state index is 2.28. The highest BCUT2D eigenvalue weighted by Gasteiger charge is 2.23. The van der Waals surface area contributed by atoms with Gasteiger partial charge in [-0.05, 0) is 62.7 Å². The van der Waals surface area contributed by atoms with Gasteiger partial charge in [0.05, 0.1) is 0 Å². The van der Waals surface area contributed by atoms with Crippen molar-refractivity contribution in [3.05, 3.63) is 83.4 Å². The number of benzene rings is 4. The summed E-state index contributed by atoms with van der Waals surface area (Å²) >= 11 is 0. The molecule has 4 aromatic rings. The van der Waals surface area contributed by atoms with Gasteiger partial charge in [-0.25, -0.2) is 0 Å². The Morgan fingerprint density at radius 3 is 2.32 bits per heavy atom.